The molecule has 3 nitrogen and oxygen atoms in total. The van der Waals surface area contributed by atoms with E-state index < -0.39 is 0 Å². The Morgan fingerprint density at radius 2 is 1.80 bits per heavy atom. The fourth-order valence-electron chi connectivity index (χ4n) is 2.74. The van der Waals surface area contributed by atoms with Crippen LogP contribution in [0.5, 0.6) is 0 Å². The molecule has 0 amide bonds. The number of hydrogen-bond acceptors (Lipinski definition) is 4. The maximum absolute atomic E-state index is 11.9. The zero-order valence-electron chi connectivity index (χ0n) is 14.6. The number of nitrogens with zero attached hydrogens (tertiary/aromatic N) is 1. The lowest BCUT2D eigenvalue weighted by atomic mass is 10.1. The Kier molecular flexibility index (Phi) is 5.61. The number of carbonyl (C=O) groups excluding carboxylic acids is 1. The summed E-state index contributed by atoms with van der Waals surface area (Å²) in [5.41, 5.74) is 3.98. The second-order valence-electron chi connectivity index (χ2n) is 5.97. The standard InChI is InChI=1S/C21H22N2OS/c1-3-7-19(24)16-10-12-18(13-11-16)22-14-20-21(23-15(2)25-20)17-8-5-4-6-9-17/h4-6,8-13,22H,3,7,14H2,1-2H3. The van der Waals surface area contributed by atoms with E-state index in [4.69, 9.17) is 0 Å². The fraction of sp³-hybridized carbons (Fsp3) is 0.238. The lowest BCUT2D eigenvalue weighted by molar-refractivity contribution is 0.0982. The Hall–Kier alpha value is -2.46. The zero-order chi connectivity index (χ0) is 17.6. The van der Waals surface area contributed by atoms with Gasteiger partial charge in [-0.3, -0.25) is 4.79 Å². The summed E-state index contributed by atoms with van der Waals surface area (Å²) < 4.78 is 0. The number of anilines is 1. The van der Waals surface area contributed by atoms with E-state index in [-0.39, 0.29) is 5.78 Å². The van der Waals surface area contributed by atoms with Gasteiger partial charge in [-0.15, -0.1) is 11.3 Å². The number of thiazole rings is 1. The molecule has 128 valence electrons. The van der Waals surface area contributed by atoms with Crippen molar-refractivity contribution >= 4 is 22.8 Å². The van der Waals surface area contributed by atoms with Crippen LogP contribution in [0.25, 0.3) is 11.3 Å². The first-order valence-corrected chi connectivity index (χ1v) is 9.38. The number of aromatic nitrogens is 1. The monoisotopic (exact) mass is 350 g/mol. The second kappa shape index (κ2) is 8.08. The summed E-state index contributed by atoms with van der Waals surface area (Å²) in [4.78, 5) is 17.8. The maximum atomic E-state index is 11.9. The van der Waals surface area contributed by atoms with Gasteiger partial charge in [-0.1, -0.05) is 37.3 Å². The van der Waals surface area contributed by atoms with Crippen LogP contribution in [-0.2, 0) is 6.54 Å². The van der Waals surface area contributed by atoms with Crippen LogP contribution in [-0.4, -0.2) is 10.8 Å². The van der Waals surface area contributed by atoms with Crippen LogP contribution in [0, 0.1) is 6.92 Å². The van der Waals surface area contributed by atoms with Crippen LogP contribution >= 0.6 is 11.3 Å². The van der Waals surface area contributed by atoms with Crippen molar-refractivity contribution in [3.05, 3.63) is 70.0 Å². The molecule has 0 saturated heterocycles. The van der Waals surface area contributed by atoms with Crippen molar-refractivity contribution < 1.29 is 4.79 Å². The summed E-state index contributed by atoms with van der Waals surface area (Å²) in [5, 5.41) is 4.51. The van der Waals surface area contributed by atoms with Gasteiger partial charge in [0.1, 0.15) is 0 Å². The molecule has 25 heavy (non-hydrogen) atoms. The van der Waals surface area contributed by atoms with Crippen LogP contribution in [0.1, 0.15) is 40.0 Å². The molecule has 1 N–H and O–H groups in total. The molecule has 1 heterocycles. The summed E-state index contributed by atoms with van der Waals surface area (Å²) in [7, 11) is 0. The minimum Gasteiger partial charge on any atom is -0.380 e. The molecule has 0 aliphatic heterocycles. The van der Waals surface area contributed by atoms with E-state index in [9.17, 15) is 4.79 Å². The molecular formula is C21H22N2OS. The highest BCUT2D eigenvalue weighted by molar-refractivity contribution is 7.12. The Bertz CT molecular complexity index is 838. The van der Waals surface area contributed by atoms with Gasteiger partial charge in [0.2, 0.25) is 0 Å². The molecule has 0 aliphatic carbocycles. The molecule has 0 fully saturated rings. The molecule has 4 heteroatoms. The average molecular weight is 350 g/mol. The summed E-state index contributed by atoms with van der Waals surface area (Å²) >= 11 is 1.72. The van der Waals surface area contributed by atoms with E-state index in [1.165, 1.54) is 4.88 Å². The normalized spacial score (nSPS) is 10.6. The van der Waals surface area contributed by atoms with Gasteiger partial charge in [0.25, 0.3) is 0 Å². The van der Waals surface area contributed by atoms with Gasteiger partial charge in [-0.2, -0.15) is 0 Å². The van der Waals surface area contributed by atoms with Crippen molar-refractivity contribution in [1.82, 2.24) is 4.98 Å². The van der Waals surface area contributed by atoms with Crippen LogP contribution in [0.2, 0.25) is 0 Å². The van der Waals surface area contributed by atoms with Gasteiger partial charge in [0.15, 0.2) is 5.78 Å². The largest absolute Gasteiger partial charge is 0.380 e. The summed E-state index contributed by atoms with van der Waals surface area (Å²) in [6.45, 7) is 4.78. The van der Waals surface area contributed by atoms with Gasteiger partial charge in [-0.25, -0.2) is 4.98 Å². The van der Waals surface area contributed by atoms with Crippen molar-refractivity contribution in [3.63, 3.8) is 0 Å². The number of carbonyl (C=O) groups is 1. The molecule has 3 rings (SSSR count). The van der Waals surface area contributed by atoms with Crippen LogP contribution < -0.4 is 5.32 Å². The molecular weight excluding hydrogens is 328 g/mol. The van der Waals surface area contributed by atoms with E-state index in [0.717, 1.165) is 40.5 Å². The van der Waals surface area contributed by atoms with Crippen LogP contribution in [0.15, 0.2) is 54.6 Å². The van der Waals surface area contributed by atoms with E-state index in [1.807, 2.05) is 56.3 Å². The molecule has 1 aromatic heterocycles. The van der Waals surface area contributed by atoms with Crippen LogP contribution in [0.4, 0.5) is 5.69 Å². The Morgan fingerprint density at radius 3 is 2.48 bits per heavy atom. The van der Waals surface area contributed by atoms with Crippen molar-refractivity contribution in [2.45, 2.75) is 33.2 Å². The molecule has 3 aromatic rings. The number of hydrogen-bond donors (Lipinski definition) is 1. The van der Waals surface area contributed by atoms with E-state index in [0.29, 0.717) is 6.42 Å². The number of Topliss-reactive ketones (excluding diaryl/α,β-unsaturated/α-hetero) is 1. The summed E-state index contributed by atoms with van der Waals surface area (Å²) in [6, 6.07) is 18.0. The Labute approximate surface area is 152 Å². The average Bonchev–Trinajstić information content (AvgIpc) is 3.02. The predicted molar refractivity (Wildman–Crippen MR) is 105 cm³/mol. The van der Waals surface area contributed by atoms with Crippen molar-refractivity contribution in [2.75, 3.05) is 5.32 Å². The van der Waals surface area contributed by atoms with Gasteiger partial charge >= 0.3 is 0 Å². The molecule has 0 unspecified atom stereocenters. The van der Waals surface area contributed by atoms with Gasteiger partial charge in [-0.05, 0) is 37.6 Å². The Morgan fingerprint density at radius 1 is 1.08 bits per heavy atom. The number of ketones is 1. The first kappa shape index (κ1) is 17.4. The smallest absolute Gasteiger partial charge is 0.162 e. The molecule has 2 aromatic carbocycles. The highest BCUT2D eigenvalue weighted by Gasteiger charge is 2.11. The number of nitrogens with one attached hydrogen (secondary N) is 1. The minimum atomic E-state index is 0.207. The summed E-state index contributed by atoms with van der Waals surface area (Å²) in [5.74, 6) is 0.207. The van der Waals surface area contributed by atoms with Crippen molar-refractivity contribution in [1.29, 1.82) is 0 Å². The number of benzene rings is 2. The lowest BCUT2D eigenvalue weighted by Gasteiger charge is -2.08. The topological polar surface area (TPSA) is 42.0 Å². The van der Waals surface area contributed by atoms with Gasteiger partial charge in [0.05, 0.1) is 22.1 Å². The first-order chi connectivity index (χ1) is 12.2. The molecule has 0 atom stereocenters. The number of rotatable bonds is 7. The summed E-state index contributed by atoms with van der Waals surface area (Å²) in [6.07, 6.45) is 1.49. The van der Waals surface area contributed by atoms with E-state index in [1.54, 1.807) is 11.3 Å². The Balaban J connectivity index is 1.71. The van der Waals surface area contributed by atoms with E-state index in [2.05, 4.69) is 22.4 Å². The third-order valence-corrected chi connectivity index (χ3v) is 4.96. The van der Waals surface area contributed by atoms with Gasteiger partial charge in [0, 0.05) is 23.2 Å². The molecule has 0 saturated carbocycles. The predicted octanol–water partition coefficient (Wildman–Crippen LogP) is 5.71. The number of aryl methyl sites for hydroxylation is 1. The van der Waals surface area contributed by atoms with Crippen LogP contribution in [0.3, 0.4) is 0 Å². The van der Waals surface area contributed by atoms with Crippen molar-refractivity contribution in [2.24, 2.45) is 0 Å². The second-order valence-corrected chi connectivity index (χ2v) is 7.26. The van der Waals surface area contributed by atoms with Crippen molar-refractivity contribution in [3.8, 4) is 11.3 Å². The third kappa shape index (κ3) is 4.34. The molecule has 0 bridgehead atoms. The fourth-order valence-corrected chi connectivity index (χ4v) is 3.64. The van der Waals surface area contributed by atoms with E-state index >= 15 is 0 Å². The SMILES string of the molecule is CCCC(=O)c1ccc(NCc2sc(C)nc2-c2ccccc2)cc1. The lowest BCUT2D eigenvalue weighted by Crippen LogP contribution is -2.01. The molecule has 0 aliphatic rings. The molecule has 0 radical (unpaired) electrons. The van der Waals surface area contributed by atoms with Gasteiger partial charge < -0.3 is 5.32 Å². The quantitative estimate of drug-likeness (QED) is 0.555. The first-order valence-electron chi connectivity index (χ1n) is 8.56. The highest BCUT2D eigenvalue weighted by Crippen LogP contribution is 2.28. The maximum Gasteiger partial charge on any atom is 0.162 e. The minimum absolute atomic E-state index is 0.207. The third-order valence-electron chi connectivity index (χ3n) is 3.99. The molecule has 0 spiro atoms. The highest BCUT2D eigenvalue weighted by atomic mass is 32.1. The zero-order valence-corrected chi connectivity index (χ0v) is 15.4.